The summed E-state index contributed by atoms with van der Waals surface area (Å²) in [6.07, 6.45) is 10.4. The first-order valence-corrected chi connectivity index (χ1v) is 15.0. The van der Waals surface area contributed by atoms with Gasteiger partial charge in [-0.3, -0.25) is 9.88 Å². The zero-order valence-corrected chi connectivity index (χ0v) is 24.4. The van der Waals surface area contributed by atoms with E-state index in [0.29, 0.717) is 42.6 Å². The number of nitrogens with one attached hydrogen (secondary N) is 1. The van der Waals surface area contributed by atoms with Crippen LogP contribution < -0.4 is 15.0 Å². The van der Waals surface area contributed by atoms with Crippen molar-refractivity contribution >= 4 is 27.5 Å². The molecule has 3 aliphatic rings. The Balaban J connectivity index is 1.39. The molecule has 7 rings (SSSR count). The van der Waals surface area contributed by atoms with Crippen LogP contribution in [0.1, 0.15) is 37.7 Å². The number of anilines is 1. The molecule has 2 aromatic carbocycles. The highest BCUT2D eigenvalue weighted by molar-refractivity contribution is 6.03. The zero-order chi connectivity index (χ0) is 30.6. The molecule has 11 heteroatoms. The summed E-state index contributed by atoms with van der Waals surface area (Å²) in [6, 6.07) is 5.69. The molecule has 0 unspecified atom stereocenters. The molecule has 8 nitrogen and oxygen atoms in total. The lowest BCUT2D eigenvalue weighted by atomic mass is 9.95. The van der Waals surface area contributed by atoms with Gasteiger partial charge in [0, 0.05) is 49.2 Å². The molecule has 4 heterocycles. The van der Waals surface area contributed by atoms with E-state index in [4.69, 9.17) is 16.1 Å². The first kappa shape index (κ1) is 28.6. The number of pyridine rings is 1. The van der Waals surface area contributed by atoms with Crippen molar-refractivity contribution < 1.29 is 23.0 Å². The molecule has 228 valence electrons. The number of phenols is 1. The van der Waals surface area contributed by atoms with Gasteiger partial charge in [0.05, 0.1) is 16.5 Å². The third-order valence-corrected chi connectivity index (χ3v) is 9.19. The fraction of sp³-hybridized carbons (Fsp3) is 0.424. The first-order valence-electron chi connectivity index (χ1n) is 15.0. The number of halogens is 3. The molecule has 1 saturated carbocycles. The van der Waals surface area contributed by atoms with Crippen molar-refractivity contribution in [3.63, 3.8) is 0 Å². The number of alkyl halides is 1. The van der Waals surface area contributed by atoms with E-state index in [1.54, 1.807) is 0 Å². The lowest BCUT2D eigenvalue weighted by Crippen LogP contribution is -2.43. The summed E-state index contributed by atoms with van der Waals surface area (Å²) in [4.78, 5) is 18.1. The van der Waals surface area contributed by atoms with Crippen molar-refractivity contribution in [2.24, 2.45) is 0 Å². The number of fused-ring (bicyclic) bond motifs is 3. The number of nitrogens with zero attached hydrogens (tertiary/aromatic N) is 5. The number of ether oxygens (including phenoxy) is 1. The van der Waals surface area contributed by atoms with E-state index < -0.39 is 23.3 Å². The first-order chi connectivity index (χ1) is 21.3. The average molecular weight is 603 g/mol. The fourth-order valence-electron chi connectivity index (χ4n) is 6.97. The highest BCUT2D eigenvalue weighted by atomic mass is 19.1. The Bertz CT molecular complexity index is 1810. The maximum absolute atomic E-state index is 16.7. The van der Waals surface area contributed by atoms with E-state index in [1.807, 2.05) is 7.05 Å². The quantitative estimate of drug-likeness (QED) is 0.260. The molecule has 2 saturated heterocycles. The van der Waals surface area contributed by atoms with Crippen molar-refractivity contribution in [2.75, 3.05) is 44.7 Å². The lowest BCUT2D eigenvalue weighted by molar-refractivity contribution is 0.107. The molecule has 44 heavy (non-hydrogen) atoms. The summed E-state index contributed by atoms with van der Waals surface area (Å²) in [5, 5.41) is 14.8. The number of hydrogen-bond donors (Lipinski definition) is 2. The van der Waals surface area contributed by atoms with Gasteiger partial charge >= 0.3 is 6.01 Å². The number of aromatic hydroxyl groups is 1. The second-order valence-electron chi connectivity index (χ2n) is 12.1. The number of aromatic nitrogens is 3. The van der Waals surface area contributed by atoms with Gasteiger partial charge in [0.2, 0.25) is 0 Å². The van der Waals surface area contributed by atoms with Gasteiger partial charge in [-0.15, -0.1) is 6.42 Å². The van der Waals surface area contributed by atoms with Gasteiger partial charge < -0.3 is 20.1 Å². The normalized spacial score (nSPS) is 21.6. The van der Waals surface area contributed by atoms with Crippen molar-refractivity contribution in [3.8, 4) is 35.4 Å². The number of benzene rings is 2. The number of phenolic OH excluding ortho intramolecular Hbond substituents is 1. The number of terminal acetylenes is 1. The van der Waals surface area contributed by atoms with Crippen LogP contribution in [0.5, 0.6) is 11.8 Å². The summed E-state index contributed by atoms with van der Waals surface area (Å²) in [5.41, 5.74) is -0.500. The Morgan fingerprint density at radius 3 is 2.86 bits per heavy atom. The Labute approximate surface area is 253 Å². The molecule has 0 radical (unpaired) electrons. The molecule has 3 fully saturated rings. The van der Waals surface area contributed by atoms with E-state index in [-0.39, 0.29) is 52.1 Å². The summed E-state index contributed by atoms with van der Waals surface area (Å²) < 4.78 is 52.2. The van der Waals surface area contributed by atoms with Crippen molar-refractivity contribution in [1.82, 2.24) is 25.2 Å². The Kier molecular flexibility index (Phi) is 7.22. The summed E-state index contributed by atoms with van der Waals surface area (Å²) >= 11 is 0. The van der Waals surface area contributed by atoms with E-state index in [0.717, 1.165) is 32.2 Å². The molecule has 2 N–H and O–H groups in total. The Hall–Kier alpha value is -4.14. The molecular formula is C33H33F3N6O2. The minimum atomic E-state index is -0.917. The monoisotopic (exact) mass is 602 g/mol. The Morgan fingerprint density at radius 1 is 1.25 bits per heavy atom. The maximum atomic E-state index is 16.7. The summed E-state index contributed by atoms with van der Waals surface area (Å²) in [7, 11) is 1.87. The van der Waals surface area contributed by atoms with E-state index in [9.17, 15) is 13.9 Å². The van der Waals surface area contributed by atoms with Crippen LogP contribution in [0.4, 0.5) is 19.0 Å². The van der Waals surface area contributed by atoms with Crippen LogP contribution in [-0.2, 0) is 0 Å². The van der Waals surface area contributed by atoms with Crippen LogP contribution in [0.25, 0.3) is 32.9 Å². The Morgan fingerprint density at radius 2 is 2.09 bits per heavy atom. The van der Waals surface area contributed by atoms with Gasteiger partial charge in [0.15, 0.2) is 5.82 Å². The summed E-state index contributed by atoms with van der Waals surface area (Å²) in [6.45, 7) is 2.69. The van der Waals surface area contributed by atoms with E-state index in [1.165, 1.54) is 30.5 Å². The molecule has 1 aliphatic carbocycles. The average Bonchev–Trinajstić information content (AvgIpc) is 3.70. The van der Waals surface area contributed by atoms with Crippen molar-refractivity contribution in [3.05, 3.63) is 47.7 Å². The van der Waals surface area contributed by atoms with Crippen molar-refractivity contribution in [2.45, 2.75) is 49.9 Å². The van der Waals surface area contributed by atoms with E-state index >= 15 is 4.39 Å². The smallest absolute Gasteiger partial charge is 0.319 e. The van der Waals surface area contributed by atoms with Gasteiger partial charge in [0.1, 0.15) is 41.4 Å². The zero-order valence-electron chi connectivity index (χ0n) is 24.4. The van der Waals surface area contributed by atoms with Crippen LogP contribution in [0.2, 0.25) is 0 Å². The molecule has 2 aromatic heterocycles. The molecule has 2 aliphatic heterocycles. The molecule has 2 atom stereocenters. The molecule has 0 amide bonds. The predicted molar refractivity (Wildman–Crippen MR) is 163 cm³/mol. The molecule has 0 spiro atoms. The van der Waals surface area contributed by atoms with Crippen LogP contribution in [0, 0.1) is 24.0 Å². The van der Waals surface area contributed by atoms with Crippen LogP contribution in [0.3, 0.4) is 0 Å². The molecule has 4 aromatic rings. The third kappa shape index (κ3) is 4.86. The summed E-state index contributed by atoms with van der Waals surface area (Å²) in [5.74, 6) is 1.31. The topological polar surface area (TPSA) is 86.6 Å². The lowest BCUT2D eigenvalue weighted by Gasteiger charge is -2.31. The highest BCUT2D eigenvalue weighted by Gasteiger charge is 2.49. The minimum absolute atomic E-state index is 0.00156. The van der Waals surface area contributed by atoms with Crippen LogP contribution >= 0.6 is 0 Å². The predicted octanol–water partition coefficient (Wildman–Crippen LogP) is 4.95. The van der Waals surface area contributed by atoms with Crippen LogP contribution in [-0.4, -0.2) is 82.5 Å². The minimum Gasteiger partial charge on any atom is -0.508 e. The molecular weight excluding hydrogens is 569 g/mol. The van der Waals surface area contributed by atoms with Gasteiger partial charge in [-0.2, -0.15) is 9.97 Å². The van der Waals surface area contributed by atoms with E-state index in [2.05, 4.69) is 31.0 Å². The second-order valence-corrected chi connectivity index (χ2v) is 12.1. The number of rotatable bonds is 9. The van der Waals surface area contributed by atoms with Gasteiger partial charge in [0.25, 0.3) is 0 Å². The standard InChI is InChI=1S/C33H33F3N6O2/c1-3-23-26(35)8-5-19-13-22(43)14-24(27(19)23)29-28(36)30-25(16-38-29)31(42(12-10-37-2)21-6-7-21)40-32(39-30)44-18-33-9-4-11-41(33)17-20(34)15-33/h1,5,8,13-14,16,20-21,37,43H,4,6-7,9-12,15,17-18H2,2H3/t20-,33+/m1/s1. The maximum Gasteiger partial charge on any atom is 0.319 e. The van der Waals surface area contributed by atoms with Gasteiger partial charge in [-0.05, 0) is 62.9 Å². The van der Waals surface area contributed by atoms with Gasteiger partial charge in [-0.25, -0.2) is 13.2 Å². The van der Waals surface area contributed by atoms with Gasteiger partial charge in [-0.1, -0.05) is 12.0 Å². The third-order valence-electron chi connectivity index (χ3n) is 9.19. The van der Waals surface area contributed by atoms with Crippen molar-refractivity contribution in [1.29, 1.82) is 0 Å². The number of hydrogen-bond acceptors (Lipinski definition) is 8. The molecule has 0 bridgehead atoms. The largest absolute Gasteiger partial charge is 0.508 e. The number of likely N-dealkylation sites (N-methyl/N-ethyl adjacent to an activating group) is 1. The van der Waals surface area contributed by atoms with Crippen LogP contribution in [0.15, 0.2) is 30.5 Å². The SMILES string of the molecule is C#Cc1c(F)ccc2cc(O)cc(-c3ncc4c(N(CCNC)C5CC5)nc(OC[C@@]56CCCN5C[C@H](F)C6)nc4c3F)c12. The second kappa shape index (κ2) is 11.1. The fourth-order valence-corrected chi connectivity index (χ4v) is 6.97. The highest BCUT2D eigenvalue weighted by Crippen LogP contribution is 2.42.